The van der Waals surface area contributed by atoms with Crippen molar-refractivity contribution in [2.75, 3.05) is 6.26 Å². The number of nitrogens with two attached hydrogens (primary N) is 1. The van der Waals surface area contributed by atoms with E-state index in [1.165, 1.54) is 15.4 Å². The standard InChI is InChI=1S/C7H10N2S2.HI/c1-10-7-3-2-6(11-7)4-9-5-8;/h2-3,5H,4H2,1H3,(H2,8,9);1H. The molecule has 5 heteroatoms. The highest BCUT2D eigenvalue weighted by atomic mass is 127. The molecule has 1 rings (SSSR count). The van der Waals surface area contributed by atoms with Gasteiger partial charge in [-0.3, -0.25) is 4.99 Å². The van der Waals surface area contributed by atoms with Gasteiger partial charge in [-0.2, -0.15) is 0 Å². The molecule has 68 valence electrons. The van der Waals surface area contributed by atoms with E-state index in [-0.39, 0.29) is 24.0 Å². The topological polar surface area (TPSA) is 38.4 Å². The summed E-state index contributed by atoms with van der Waals surface area (Å²) in [5.74, 6) is 0. The molecule has 0 saturated carbocycles. The summed E-state index contributed by atoms with van der Waals surface area (Å²) in [4.78, 5) is 5.20. The predicted molar refractivity (Wildman–Crippen MR) is 67.9 cm³/mol. The molecule has 0 aromatic carbocycles. The number of hydrogen-bond acceptors (Lipinski definition) is 3. The van der Waals surface area contributed by atoms with E-state index in [1.54, 1.807) is 23.1 Å². The van der Waals surface area contributed by atoms with Crippen molar-refractivity contribution in [1.29, 1.82) is 0 Å². The van der Waals surface area contributed by atoms with E-state index in [1.807, 2.05) is 0 Å². The molecule has 0 radical (unpaired) electrons. The van der Waals surface area contributed by atoms with E-state index in [9.17, 15) is 0 Å². The predicted octanol–water partition coefficient (Wildman–Crippen LogP) is 2.58. The number of thiophene rings is 1. The molecule has 0 amide bonds. The van der Waals surface area contributed by atoms with Crippen LogP contribution in [0, 0.1) is 0 Å². The molecule has 0 bridgehead atoms. The minimum atomic E-state index is 0. The molecule has 12 heavy (non-hydrogen) atoms. The third kappa shape index (κ3) is 3.77. The highest BCUT2D eigenvalue weighted by Crippen LogP contribution is 2.25. The second kappa shape index (κ2) is 6.73. The van der Waals surface area contributed by atoms with Crippen molar-refractivity contribution in [2.45, 2.75) is 10.8 Å². The second-order valence-corrected chi connectivity index (χ2v) is 4.19. The third-order valence-electron chi connectivity index (χ3n) is 1.19. The normalized spacial score (nSPS) is 10.1. The van der Waals surface area contributed by atoms with Crippen LogP contribution < -0.4 is 5.73 Å². The Balaban J connectivity index is 0.00000121. The maximum absolute atomic E-state index is 5.12. The number of rotatable bonds is 3. The van der Waals surface area contributed by atoms with Crippen LogP contribution in [0.15, 0.2) is 21.3 Å². The number of thioether (sulfide) groups is 1. The molecule has 2 N–H and O–H groups in total. The lowest BCUT2D eigenvalue weighted by atomic mass is 10.5. The highest BCUT2D eigenvalue weighted by molar-refractivity contribution is 14.0. The molecule has 0 atom stereocenters. The van der Waals surface area contributed by atoms with Crippen LogP contribution in [0.25, 0.3) is 0 Å². The number of nitrogens with zero attached hydrogens (tertiary/aromatic N) is 1. The van der Waals surface area contributed by atoms with E-state index in [0.717, 1.165) is 0 Å². The quantitative estimate of drug-likeness (QED) is 0.403. The Bertz CT molecular complexity index is 247. The lowest BCUT2D eigenvalue weighted by molar-refractivity contribution is 1.11. The van der Waals surface area contributed by atoms with Crippen molar-refractivity contribution < 1.29 is 0 Å². The van der Waals surface area contributed by atoms with Crippen molar-refractivity contribution in [3.8, 4) is 0 Å². The van der Waals surface area contributed by atoms with Gasteiger partial charge < -0.3 is 5.73 Å². The molecule has 2 nitrogen and oxygen atoms in total. The van der Waals surface area contributed by atoms with Gasteiger partial charge in [-0.05, 0) is 18.4 Å². The van der Waals surface area contributed by atoms with E-state index in [0.29, 0.717) is 6.54 Å². The van der Waals surface area contributed by atoms with Gasteiger partial charge in [0.15, 0.2) is 0 Å². The first-order chi connectivity index (χ1) is 5.36. The van der Waals surface area contributed by atoms with E-state index >= 15 is 0 Å². The smallest absolute Gasteiger partial charge is 0.0802 e. The Labute approximate surface area is 97.7 Å². The number of halogens is 1. The van der Waals surface area contributed by atoms with Crippen molar-refractivity contribution in [2.24, 2.45) is 10.7 Å². The van der Waals surface area contributed by atoms with Crippen LogP contribution in [0.1, 0.15) is 4.88 Å². The Morgan fingerprint density at radius 3 is 2.92 bits per heavy atom. The van der Waals surface area contributed by atoms with E-state index in [4.69, 9.17) is 5.73 Å². The van der Waals surface area contributed by atoms with Crippen LogP contribution >= 0.6 is 47.1 Å². The molecule has 0 aliphatic heterocycles. The summed E-state index contributed by atoms with van der Waals surface area (Å²) in [5, 5.41) is 0. The molecular formula is C7H11IN2S2. The monoisotopic (exact) mass is 314 g/mol. The molecule has 1 heterocycles. The summed E-state index contributed by atoms with van der Waals surface area (Å²) in [6.45, 7) is 0.710. The van der Waals surface area contributed by atoms with Gasteiger partial charge in [0.1, 0.15) is 0 Å². The fraction of sp³-hybridized carbons (Fsp3) is 0.286. The van der Waals surface area contributed by atoms with Crippen molar-refractivity contribution in [3.63, 3.8) is 0 Å². The molecule has 0 unspecified atom stereocenters. The lowest BCUT2D eigenvalue weighted by Crippen LogP contribution is -1.88. The highest BCUT2D eigenvalue weighted by Gasteiger charge is 1.95. The zero-order valence-corrected chi connectivity index (χ0v) is 10.7. The first-order valence-electron chi connectivity index (χ1n) is 3.19. The van der Waals surface area contributed by atoms with E-state index < -0.39 is 0 Å². The summed E-state index contributed by atoms with van der Waals surface area (Å²) in [5.41, 5.74) is 5.12. The summed E-state index contributed by atoms with van der Waals surface area (Å²) in [7, 11) is 0. The maximum atomic E-state index is 5.12. The summed E-state index contributed by atoms with van der Waals surface area (Å²) in [6, 6.07) is 4.19. The largest absolute Gasteiger partial charge is 0.390 e. The average Bonchev–Trinajstić information content (AvgIpc) is 2.48. The minimum absolute atomic E-state index is 0. The Morgan fingerprint density at radius 1 is 1.67 bits per heavy atom. The Hall–Kier alpha value is 0.250. The van der Waals surface area contributed by atoms with Gasteiger partial charge >= 0.3 is 0 Å². The molecule has 1 aromatic heterocycles. The van der Waals surface area contributed by atoms with Gasteiger partial charge in [-0.25, -0.2) is 0 Å². The molecule has 0 spiro atoms. The van der Waals surface area contributed by atoms with Gasteiger partial charge in [0.2, 0.25) is 0 Å². The molecular weight excluding hydrogens is 303 g/mol. The summed E-state index contributed by atoms with van der Waals surface area (Å²) < 4.78 is 1.33. The van der Waals surface area contributed by atoms with Gasteiger partial charge in [-0.1, -0.05) is 0 Å². The number of aliphatic imine (C=N–C) groups is 1. The minimum Gasteiger partial charge on any atom is -0.390 e. The van der Waals surface area contributed by atoms with Crippen molar-refractivity contribution in [3.05, 3.63) is 17.0 Å². The Kier molecular flexibility index (Phi) is 6.87. The SMILES string of the molecule is CSc1ccc(CN=CN)s1.I. The third-order valence-corrected chi connectivity index (χ3v) is 3.34. The molecule has 0 aliphatic carbocycles. The zero-order valence-electron chi connectivity index (χ0n) is 6.69. The molecule has 0 saturated heterocycles. The molecule has 0 fully saturated rings. The second-order valence-electron chi connectivity index (χ2n) is 1.91. The maximum Gasteiger partial charge on any atom is 0.0802 e. The Morgan fingerprint density at radius 2 is 2.42 bits per heavy atom. The van der Waals surface area contributed by atoms with Crippen LogP contribution in [0.2, 0.25) is 0 Å². The fourth-order valence-corrected chi connectivity index (χ4v) is 2.22. The first kappa shape index (κ1) is 12.2. The fourth-order valence-electron chi connectivity index (χ4n) is 0.696. The van der Waals surface area contributed by atoms with Crippen LogP contribution in [0.3, 0.4) is 0 Å². The van der Waals surface area contributed by atoms with Crippen LogP contribution in [-0.2, 0) is 6.54 Å². The number of hydrogen-bond donors (Lipinski definition) is 1. The molecule has 1 aromatic rings. The van der Waals surface area contributed by atoms with Crippen LogP contribution in [0.4, 0.5) is 0 Å². The van der Waals surface area contributed by atoms with Gasteiger partial charge in [0.05, 0.1) is 17.1 Å². The average molecular weight is 314 g/mol. The zero-order chi connectivity index (χ0) is 8.10. The van der Waals surface area contributed by atoms with Crippen molar-refractivity contribution >= 4 is 53.4 Å². The van der Waals surface area contributed by atoms with Gasteiger partial charge in [0, 0.05) is 4.88 Å². The van der Waals surface area contributed by atoms with E-state index in [2.05, 4.69) is 23.4 Å². The lowest BCUT2D eigenvalue weighted by Gasteiger charge is -1.86. The molecule has 0 aliphatic rings. The van der Waals surface area contributed by atoms with Gasteiger partial charge in [-0.15, -0.1) is 47.1 Å². The van der Waals surface area contributed by atoms with Crippen molar-refractivity contribution in [1.82, 2.24) is 0 Å². The van der Waals surface area contributed by atoms with Gasteiger partial charge in [0.25, 0.3) is 0 Å². The van der Waals surface area contributed by atoms with Crippen LogP contribution in [-0.4, -0.2) is 12.6 Å². The first-order valence-corrected chi connectivity index (χ1v) is 5.23. The summed E-state index contributed by atoms with van der Waals surface area (Å²) in [6.07, 6.45) is 3.42. The summed E-state index contributed by atoms with van der Waals surface area (Å²) >= 11 is 3.52. The van der Waals surface area contributed by atoms with Crippen LogP contribution in [0.5, 0.6) is 0 Å².